The zero-order chi connectivity index (χ0) is 13.1. The summed E-state index contributed by atoms with van der Waals surface area (Å²) >= 11 is 0. The van der Waals surface area contributed by atoms with Crippen molar-refractivity contribution < 1.29 is 4.92 Å². The van der Waals surface area contributed by atoms with Crippen LogP contribution in [0.25, 0.3) is 0 Å². The first-order valence-electron chi connectivity index (χ1n) is 5.84. The van der Waals surface area contributed by atoms with E-state index in [1.165, 1.54) is 12.1 Å². The zero-order valence-electron chi connectivity index (χ0n) is 10.7. The Kier molecular flexibility index (Phi) is 5.52. The van der Waals surface area contributed by atoms with E-state index in [9.17, 15) is 10.1 Å². The third kappa shape index (κ3) is 4.34. The van der Waals surface area contributed by atoms with E-state index in [-0.39, 0.29) is 29.7 Å². The minimum absolute atomic E-state index is 0. The van der Waals surface area contributed by atoms with Gasteiger partial charge in [-0.05, 0) is 18.4 Å². The molecule has 2 N–H and O–H groups in total. The summed E-state index contributed by atoms with van der Waals surface area (Å²) < 4.78 is 0. The third-order valence-corrected chi connectivity index (χ3v) is 3.00. The number of hydrogen-bond acceptors (Lipinski definition) is 3. The van der Waals surface area contributed by atoms with Crippen LogP contribution in [0.3, 0.4) is 0 Å². The van der Waals surface area contributed by atoms with Crippen molar-refractivity contribution in [3.05, 3.63) is 39.9 Å². The molecule has 0 saturated heterocycles. The monoisotopic (exact) mass is 376 g/mol. The Morgan fingerprint density at radius 1 is 1.58 bits per heavy atom. The van der Waals surface area contributed by atoms with Gasteiger partial charge in [-0.2, -0.15) is 0 Å². The van der Waals surface area contributed by atoms with Crippen molar-refractivity contribution in [2.45, 2.75) is 25.4 Å². The van der Waals surface area contributed by atoms with E-state index >= 15 is 0 Å². The predicted octanol–water partition coefficient (Wildman–Crippen LogP) is 2.12. The van der Waals surface area contributed by atoms with E-state index in [4.69, 9.17) is 5.73 Å². The van der Waals surface area contributed by atoms with Crippen LogP contribution in [-0.2, 0) is 6.54 Å². The normalized spacial score (nSPS) is 14.7. The summed E-state index contributed by atoms with van der Waals surface area (Å²) in [4.78, 5) is 16.4. The van der Waals surface area contributed by atoms with Crippen LogP contribution in [-0.4, -0.2) is 28.9 Å². The summed E-state index contributed by atoms with van der Waals surface area (Å²) in [5.74, 6) is 0.490. The summed E-state index contributed by atoms with van der Waals surface area (Å²) in [5, 5.41) is 10.6. The zero-order valence-corrected chi connectivity index (χ0v) is 13.0. The molecule has 1 aliphatic carbocycles. The van der Waals surface area contributed by atoms with Gasteiger partial charge in [-0.1, -0.05) is 12.1 Å². The molecule has 104 valence electrons. The van der Waals surface area contributed by atoms with E-state index in [0.29, 0.717) is 18.5 Å². The first-order valence-corrected chi connectivity index (χ1v) is 5.84. The van der Waals surface area contributed by atoms with E-state index < -0.39 is 4.92 Å². The lowest BCUT2D eigenvalue weighted by Crippen LogP contribution is -2.35. The topological polar surface area (TPSA) is 84.8 Å². The molecular formula is C12H17IN4O2. The van der Waals surface area contributed by atoms with Gasteiger partial charge >= 0.3 is 0 Å². The number of rotatable bonds is 4. The predicted molar refractivity (Wildman–Crippen MR) is 84.6 cm³/mol. The molecule has 1 aliphatic rings. The second-order valence-corrected chi connectivity index (χ2v) is 4.44. The lowest BCUT2D eigenvalue weighted by atomic mass is 10.2. The highest BCUT2D eigenvalue weighted by molar-refractivity contribution is 14.0. The van der Waals surface area contributed by atoms with Crippen molar-refractivity contribution in [3.63, 3.8) is 0 Å². The fourth-order valence-corrected chi connectivity index (χ4v) is 1.70. The smallest absolute Gasteiger partial charge is 0.269 e. The minimum Gasteiger partial charge on any atom is -0.370 e. The minimum atomic E-state index is -0.410. The number of benzene rings is 1. The van der Waals surface area contributed by atoms with E-state index in [1.807, 2.05) is 11.9 Å². The molecule has 19 heavy (non-hydrogen) atoms. The van der Waals surface area contributed by atoms with Crippen molar-refractivity contribution in [3.8, 4) is 0 Å². The van der Waals surface area contributed by atoms with Crippen molar-refractivity contribution in [1.29, 1.82) is 0 Å². The van der Waals surface area contributed by atoms with Gasteiger partial charge in [0.25, 0.3) is 5.69 Å². The van der Waals surface area contributed by atoms with Gasteiger partial charge in [0.2, 0.25) is 0 Å². The second-order valence-electron chi connectivity index (χ2n) is 4.44. The lowest BCUT2D eigenvalue weighted by molar-refractivity contribution is -0.384. The molecule has 0 heterocycles. The van der Waals surface area contributed by atoms with Crippen LogP contribution in [0.4, 0.5) is 5.69 Å². The van der Waals surface area contributed by atoms with Crippen LogP contribution in [0, 0.1) is 10.1 Å². The maximum Gasteiger partial charge on any atom is 0.269 e. The first-order chi connectivity index (χ1) is 8.58. The van der Waals surface area contributed by atoms with Crippen LogP contribution in [0.5, 0.6) is 0 Å². The fourth-order valence-electron chi connectivity index (χ4n) is 1.70. The van der Waals surface area contributed by atoms with Crippen LogP contribution in [0.15, 0.2) is 29.3 Å². The molecule has 1 saturated carbocycles. The highest BCUT2D eigenvalue weighted by atomic mass is 127. The number of non-ortho nitro benzene ring substituents is 1. The number of hydrogen-bond donors (Lipinski definition) is 1. The second kappa shape index (κ2) is 6.69. The fraction of sp³-hybridized carbons (Fsp3) is 0.417. The number of nitrogens with two attached hydrogens (primary N) is 1. The van der Waals surface area contributed by atoms with Crippen molar-refractivity contribution in [2.75, 3.05) is 7.05 Å². The van der Waals surface area contributed by atoms with Crippen LogP contribution in [0.1, 0.15) is 18.4 Å². The number of aliphatic imine (C=N–C) groups is 1. The molecule has 0 amide bonds. The first kappa shape index (κ1) is 15.7. The molecule has 1 fully saturated rings. The number of nitrogens with zero attached hydrogens (tertiary/aromatic N) is 3. The molecule has 0 unspecified atom stereocenters. The maximum absolute atomic E-state index is 10.6. The van der Waals surface area contributed by atoms with E-state index in [1.54, 1.807) is 12.1 Å². The molecule has 0 radical (unpaired) electrons. The average molecular weight is 376 g/mol. The third-order valence-electron chi connectivity index (χ3n) is 3.00. The van der Waals surface area contributed by atoms with Gasteiger partial charge < -0.3 is 10.6 Å². The lowest BCUT2D eigenvalue weighted by Gasteiger charge is -2.16. The van der Waals surface area contributed by atoms with Crippen molar-refractivity contribution in [1.82, 2.24) is 4.90 Å². The molecule has 1 aromatic rings. The highest BCUT2D eigenvalue weighted by Gasteiger charge is 2.27. The maximum atomic E-state index is 10.6. The van der Waals surface area contributed by atoms with Gasteiger partial charge in [0.1, 0.15) is 0 Å². The van der Waals surface area contributed by atoms with Gasteiger partial charge in [-0.15, -0.1) is 24.0 Å². The number of halogens is 1. The summed E-state index contributed by atoms with van der Waals surface area (Å²) in [5.41, 5.74) is 6.71. The molecule has 0 atom stereocenters. The molecule has 7 heteroatoms. The van der Waals surface area contributed by atoms with E-state index in [0.717, 1.165) is 18.4 Å². The quantitative estimate of drug-likeness (QED) is 0.287. The Balaban J connectivity index is 0.00000180. The molecule has 1 aromatic carbocycles. The van der Waals surface area contributed by atoms with E-state index in [2.05, 4.69) is 4.99 Å². The van der Waals surface area contributed by atoms with Crippen LogP contribution >= 0.6 is 24.0 Å². The Morgan fingerprint density at radius 3 is 2.84 bits per heavy atom. The van der Waals surface area contributed by atoms with Crippen molar-refractivity contribution >= 4 is 35.6 Å². The number of nitro groups is 1. The van der Waals surface area contributed by atoms with Gasteiger partial charge in [0.15, 0.2) is 5.96 Å². The number of nitro benzene ring substituents is 1. The highest BCUT2D eigenvalue weighted by Crippen LogP contribution is 2.25. The number of guanidine groups is 1. The van der Waals surface area contributed by atoms with Crippen LogP contribution < -0.4 is 5.73 Å². The summed E-state index contributed by atoms with van der Waals surface area (Å²) in [6, 6.07) is 6.96. The average Bonchev–Trinajstić information content (AvgIpc) is 3.19. The Morgan fingerprint density at radius 2 is 2.26 bits per heavy atom. The van der Waals surface area contributed by atoms with Gasteiger partial charge in [-0.3, -0.25) is 10.1 Å². The summed E-state index contributed by atoms with van der Waals surface area (Å²) in [6.45, 7) is 0.366. The summed E-state index contributed by atoms with van der Waals surface area (Å²) in [7, 11) is 1.92. The van der Waals surface area contributed by atoms with Crippen molar-refractivity contribution in [2.24, 2.45) is 10.7 Å². The van der Waals surface area contributed by atoms with Crippen LogP contribution in [0.2, 0.25) is 0 Å². The van der Waals surface area contributed by atoms with Gasteiger partial charge in [-0.25, -0.2) is 4.99 Å². The van der Waals surface area contributed by atoms with Gasteiger partial charge in [0, 0.05) is 25.2 Å². The molecular weight excluding hydrogens is 359 g/mol. The molecule has 2 rings (SSSR count). The Labute approximate surface area is 128 Å². The SMILES string of the molecule is CN(C(N)=NCc1cccc([N+](=O)[O-])c1)C1CC1.I. The Bertz CT molecular complexity index is 488. The standard InChI is InChI=1S/C12H16N4O2.HI/c1-15(10-5-6-10)12(13)14-8-9-3-2-4-11(7-9)16(17)18;/h2-4,7,10H,5-6,8H2,1H3,(H2,13,14);1H. The van der Waals surface area contributed by atoms with Gasteiger partial charge in [0.05, 0.1) is 11.5 Å². The Hall–Kier alpha value is -1.38. The molecule has 0 aromatic heterocycles. The molecule has 0 aliphatic heterocycles. The molecule has 0 bridgehead atoms. The molecule has 0 spiro atoms. The summed E-state index contributed by atoms with van der Waals surface area (Å²) in [6.07, 6.45) is 2.31. The largest absolute Gasteiger partial charge is 0.370 e. The molecule has 6 nitrogen and oxygen atoms in total.